The van der Waals surface area contributed by atoms with Crippen LogP contribution in [0.2, 0.25) is 0 Å². The second-order valence-corrected chi connectivity index (χ2v) is 6.97. The fourth-order valence-electron chi connectivity index (χ4n) is 3.50. The Kier molecular flexibility index (Phi) is 5.53. The largest absolute Gasteiger partial charge is 0.497 e. The monoisotopic (exact) mass is 395 g/mol. The van der Waals surface area contributed by atoms with Gasteiger partial charge in [0, 0.05) is 45.0 Å². The van der Waals surface area contributed by atoms with Gasteiger partial charge in [-0.3, -0.25) is 4.90 Å². The molecule has 1 N–H and O–H groups in total. The number of fused-ring (bicyclic) bond motifs is 1. The first kappa shape index (κ1) is 19.1. The van der Waals surface area contributed by atoms with Gasteiger partial charge in [0.2, 0.25) is 0 Å². The first-order valence-electron chi connectivity index (χ1n) is 9.60. The van der Waals surface area contributed by atoms with Crippen LogP contribution >= 0.6 is 0 Å². The molecule has 1 aliphatic heterocycles. The molecule has 1 fully saturated rings. The van der Waals surface area contributed by atoms with Gasteiger partial charge in [0.1, 0.15) is 11.5 Å². The van der Waals surface area contributed by atoms with E-state index in [4.69, 9.17) is 9.47 Å². The van der Waals surface area contributed by atoms with Crippen LogP contribution in [0, 0.1) is 0 Å². The van der Waals surface area contributed by atoms with Gasteiger partial charge < -0.3 is 19.7 Å². The zero-order valence-corrected chi connectivity index (χ0v) is 16.7. The van der Waals surface area contributed by atoms with E-state index in [2.05, 4.69) is 21.4 Å². The van der Waals surface area contributed by atoms with Crippen LogP contribution in [0.25, 0.3) is 5.52 Å². The number of carbonyl (C=O) groups excluding carboxylic acids is 1. The Bertz CT molecular complexity index is 962. The third-order valence-electron chi connectivity index (χ3n) is 5.12. The van der Waals surface area contributed by atoms with E-state index in [0.29, 0.717) is 30.3 Å². The third-order valence-corrected chi connectivity index (χ3v) is 5.12. The lowest BCUT2D eigenvalue weighted by molar-refractivity contribution is 0.142. The van der Waals surface area contributed by atoms with Gasteiger partial charge in [-0.1, -0.05) is 6.07 Å². The number of rotatable bonds is 5. The predicted octanol–water partition coefficient (Wildman–Crippen LogP) is 2.70. The molecule has 3 aromatic rings. The topological polar surface area (TPSA) is 71.3 Å². The third kappa shape index (κ3) is 4.27. The van der Waals surface area contributed by atoms with E-state index in [9.17, 15) is 4.79 Å². The molecule has 1 saturated heterocycles. The number of nitrogens with one attached hydrogen (secondary N) is 1. The van der Waals surface area contributed by atoms with Crippen LogP contribution in [0.15, 0.2) is 48.7 Å². The van der Waals surface area contributed by atoms with Crippen LogP contribution in [0.1, 0.15) is 5.69 Å². The van der Waals surface area contributed by atoms with E-state index >= 15 is 0 Å². The van der Waals surface area contributed by atoms with Gasteiger partial charge in [-0.05, 0) is 30.3 Å². The van der Waals surface area contributed by atoms with Crippen molar-refractivity contribution in [2.75, 3.05) is 45.7 Å². The van der Waals surface area contributed by atoms with Gasteiger partial charge in [-0.15, -0.1) is 0 Å². The standard InChI is InChI=1S/C21H25N5O3/c1-28-18-6-7-19(20(14-18)29-2)22-21(27)25-11-9-24(10-12-25)15-16-13-17-5-3-4-8-26(17)23-16/h3-8,13-14H,9-12,15H2,1-2H3,(H,22,27). The van der Waals surface area contributed by atoms with Gasteiger partial charge in [-0.2, -0.15) is 5.10 Å². The summed E-state index contributed by atoms with van der Waals surface area (Å²) in [4.78, 5) is 16.8. The minimum atomic E-state index is -0.124. The van der Waals surface area contributed by atoms with Gasteiger partial charge in [-0.25, -0.2) is 9.31 Å². The van der Waals surface area contributed by atoms with Crippen molar-refractivity contribution < 1.29 is 14.3 Å². The lowest BCUT2D eigenvalue weighted by Gasteiger charge is -2.34. The number of methoxy groups -OCH3 is 2. The maximum absolute atomic E-state index is 12.7. The molecule has 0 bridgehead atoms. The molecule has 8 heteroatoms. The molecule has 2 aromatic heterocycles. The quantitative estimate of drug-likeness (QED) is 0.719. The number of ether oxygens (including phenoxy) is 2. The summed E-state index contributed by atoms with van der Waals surface area (Å²) in [6.07, 6.45) is 1.95. The summed E-state index contributed by atoms with van der Waals surface area (Å²) in [5.41, 5.74) is 2.76. The molecule has 1 aliphatic rings. The van der Waals surface area contributed by atoms with Crippen LogP contribution in [0.5, 0.6) is 11.5 Å². The van der Waals surface area contributed by atoms with Crippen molar-refractivity contribution in [1.29, 1.82) is 0 Å². The van der Waals surface area contributed by atoms with E-state index in [0.717, 1.165) is 30.8 Å². The van der Waals surface area contributed by atoms with Crippen LogP contribution in [-0.4, -0.2) is 65.8 Å². The van der Waals surface area contributed by atoms with Crippen LogP contribution in [0.4, 0.5) is 10.5 Å². The Morgan fingerprint density at radius 2 is 1.90 bits per heavy atom. The van der Waals surface area contributed by atoms with Crippen molar-refractivity contribution in [3.05, 3.63) is 54.4 Å². The number of hydrogen-bond donors (Lipinski definition) is 1. The number of urea groups is 1. The lowest BCUT2D eigenvalue weighted by Crippen LogP contribution is -2.49. The molecule has 29 heavy (non-hydrogen) atoms. The molecule has 0 unspecified atom stereocenters. The Balaban J connectivity index is 1.32. The summed E-state index contributed by atoms with van der Waals surface area (Å²) in [5, 5.41) is 7.54. The molecular formula is C21H25N5O3. The molecule has 2 amide bonds. The van der Waals surface area contributed by atoms with Crippen molar-refractivity contribution in [2.24, 2.45) is 0 Å². The fourth-order valence-corrected chi connectivity index (χ4v) is 3.50. The van der Waals surface area contributed by atoms with E-state index < -0.39 is 0 Å². The maximum Gasteiger partial charge on any atom is 0.322 e. The van der Waals surface area contributed by atoms with Gasteiger partial charge in [0.15, 0.2) is 0 Å². The molecule has 0 atom stereocenters. The van der Waals surface area contributed by atoms with Gasteiger partial charge >= 0.3 is 6.03 Å². The average Bonchev–Trinajstić information content (AvgIpc) is 3.16. The number of piperazine rings is 1. The number of aromatic nitrogens is 2. The van der Waals surface area contributed by atoms with Crippen molar-refractivity contribution in [1.82, 2.24) is 19.4 Å². The summed E-state index contributed by atoms with van der Waals surface area (Å²) in [6, 6.07) is 13.3. The Morgan fingerprint density at radius 1 is 1.07 bits per heavy atom. The SMILES string of the molecule is COc1ccc(NC(=O)N2CCN(Cc3cc4ccccn4n3)CC2)c(OC)c1. The van der Waals surface area contributed by atoms with E-state index in [-0.39, 0.29) is 6.03 Å². The first-order valence-corrected chi connectivity index (χ1v) is 9.60. The van der Waals surface area contributed by atoms with Crippen molar-refractivity contribution in [2.45, 2.75) is 6.54 Å². The molecule has 0 saturated carbocycles. The zero-order valence-electron chi connectivity index (χ0n) is 16.7. The second kappa shape index (κ2) is 8.40. The molecule has 0 radical (unpaired) electrons. The lowest BCUT2D eigenvalue weighted by atomic mass is 10.2. The summed E-state index contributed by atoms with van der Waals surface area (Å²) in [5.74, 6) is 1.25. The Labute approximate surface area is 169 Å². The number of amides is 2. The van der Waals surface area contributed by atoms with Crippen molar-refractivity contribution in [3.8, 4) is 11.5 Å². The molecule has 4 rings (SSSR count). The molecule has 1 aromatic carbocycles. The van der Waals surface area contributed by atoms with Crippen LogP contribution < -0.4 is 14.8 Å². The van der Waals surface area contributed by atoms with Crippen LogP contribution in [-0.2, 0) is 6.54 Å². The fraction of sp³-hybridized carbons (Fsp3) is 0.333. The molecule has 8 nitrogen and oxygen atoms in total. The number of nitrogens with zero attached hydrogens (tertiary/aromatic N) is 4. The number of hydrogen-bond acceptors (Lipinski definition) is 5. The number of anilines is 1. The first-order chi connectivity index (χ1) is 14.2. The van der Waals surface area contributed by atoms with Crippen LogP contribution in [0.3, 0.4) is 0 Å². The van der Waals surface area contributed by atoms with E-state index in [1.807, 2.05) is 33.8 Å². The number of pyridine rings is 1. The maximum atomic E-state index is 12.7. The molecule has 152 valence electrons. The highest BCUT2D eigenvalue weighted by atomic mass is 16.5. The summed E-state index contributed by atoms with van der Waals surface area (Å²) in [6.45, 7) is 3.72. The number of carbonyl (C=O) groups is 1. The summed E-state index contributed by atoms with van der Waals surface area (Å²) >= 11 is 0. The van der Waals surface area contributed by atoms with Crippen molar-refractivity contribution in [3.63, 3.8) is 0 Å². The average molecular weight is 395 g/mol. The summed E-state index contributed by atoms with van der Waals surface area (Å²) in [7, 11) is 3.17. The highest BCUT2D eigenvalue weighted by Gasteiger charge is 2.22. The Morgan fingerprint density at radius 3 is 2.62 bits per heavy atom. The van der Waals surface area contributed by atoms with Gasteiger partial charge in [0.05, 0.1) is 31.1 Å². The molecule has 0 spiro atoms. The molecule has 0 aliphatic carbocycles. The summed E-state index contributed by atoms with van der Waals surface area (Å²) < 4.78 is 12.4. The molecular weight excluding hydrogens is 370 g/mol. The normalized spacial score (nSPS) is 14.8. The van der Waals surface area contributed by atoms with E-state index in [1.165, 1.54) is 0 Å². The van der Waals surface area contributed by atoms with E-state index in [1.54, 1.807) is 32.4 Å². The molecule has 3 heterocycles. The highest BCUT2D eigenvalue weighted by Crippen LogP contribution is 2.29. The van der Waals surface area contributed by atoms with Gasteiger partial charge in [0.25, 0.3) is 0 Å². The highest BCUT2D eigenvalue weighted by molar-refractivity contribution is 5.91. The smallest absolute Gasteiger partial charge is 0.322 e. The zero-order chi connectivity index (χ0) is 20.2. The number of benzene rings is 1. The minimum Gasteiger partial charge on any atom is -0.497 e. The second-order valence-electron chi connectivity index (χ2n) is 6.97. The Hall–Kier alpha value is -3.26. The van der Waals surface area contributed by atoms with Crippen molar-refractivity contribution >= 4 is 17.2 Å². The minimum absolute atomic E-state index is 0.124. The predicted molar refractivity (Wildman–Crippen MR) is 111 cm³/mol.